The van der Waals surface area contributed by atoms with E-state index in [1.807, 2.05) is 20.8 Å². The molecule has 0 aromatic rings. The topological polar surface area (TPSA) is 54.0 Å². The molecule has 0 aromatic heterocycles. The maximum Gasteiger partial charge on any atom is 0.500 e. The van der Waals surface area contributed by atoms with Gasteiger partial charge in [0.15, 0.2) is 0 Å². The van der Waals surface area contributed by atoms with Crippen LogP contribution in [0.4, 0.5) is 0 Å². The van der Waals surface area contributed by atoms with E-state index < -0.39 is 13.6 Å². The number of rotatable bonds is 25. The maximum absolute atomic E-state index is 12.5. The molecule has 0 aliphatic rings. The third-order valence-electron chi connectivity index (χ3n) is 5.82. The Morgan fingerprint density at radius 3 is 1.65 bits per heavy atom. The lowest BCUT2D eigenvalue weighted by atomic mass is 10.2. The van der Waals surface area contributed by atoms with Gasteiger partial charge in [-0.1, -0.05) is 78.6 Å². The molecule has 0 spiro atoms. The molecule has 0 unspecified atom stereocenters. The van der Waals surface area contributed by atoms with E-state index in [1.54, 1.807) is 11.8 Å². The van der Waals surface area contributed by atoms with Crippen LogP contribution >= 0.6 is 11.8 Å². The maximum atomic E-state index is 12.5. The van der Waals surface area contributed by atoms with Crippen molar-refractivity contribution in [2.75, 3.05) is 32.2 Å². The minimum Gasteiger partial charge on any atom is -0.465 e. The van der Waals surface area contributed by atoms with Gasteiger partial charge in [-0.05, 0) is 52.2 Å². The monoisotopic (exact) mass is 520 g/mol. The molecule has 0 aliphatic carbocycles. The van der Waals surface area contributed by atoms with Crippen LogP contribution in [0.2, 0.25) is 6.04 Å². The lowest BCUT2D eigenvalue weighted by Crippen LogP contribution is -2.46. The Labute approximate surface area is 217 Å². The molecule has 204 valence electrons. The second kappa shape index (κ2) is 22.1. The number of hydrogen-bond acceptors (Lipinski definition) is 6. The van der Waals surface area contributed by atoms with Gasteiger partial charge in [-0.3, -0.25) is 4.79 Å². The van der Waals surface area contributed by atoms with Gasteiger partial charge in [-0.2, -0.15) is 0 Å². The highest BCUT2D eigenvalue weighted by Crippen LogP contribution is 2.29. The SMILES string of the molecule is CCCCCCOC(=O)C(C)(C)SCCC[Si](OCC)(OCCCCCC)OCCCCCC. The smallest absolute Gasteiger partial charge is 0.465 e. The quantitative estimate of drug-likeness (QED) is 0.0687. The third kappa shape index (κ3) is 17.4. The summed E-state index contributed by atoms with van der Waals surface area (Å²) in [6.45, 7) is 15.2. The summed E-state index contributed by atoms with van der Waals surface area (Å²) in [5.74, 6) is 0.750. The summed E-state index contributed by atoms with van der Waals surface area (Å²) >= 11 is 1.66. The first-order valence-corrected chi connectivity index (χ1v) is 17.0. The zero-order chi connectivity index (χ0) is 25.5. The van der Waals surface area contributed by atoms with E-state index in [9.17, 15) is 4.79 Å². The summed E-state index contributed by atoms with van der Waals surface area (Å²) in [6.07, 6.45) is 14.8. The van der Waals surface area contributed by atoms with Crippen LogP contribution < -0.4 is 0 Å². The summed E-state index contributed by atoms with van der Waals surface area (Å²) in [4.78, 5) is 12.5. The van der Waals surface area contributed by atoms with Gasteiger partial charge < -0.3 is 18.0 Å². The number of thioether (sulfide) groups is 1. The van der Waals surface area contributed by atoms with Crippen LogP contribution in [0.3, 0.4) is 0 Å². The fourth-order valence-electron chi connectivity index (χ4n) is 3.62. The van der Waals surface area contributed by atoms with Crippen molar-refractivity contribution >= 4 is 26.5 Å². The molecule has 0 saturated heterocycles. The molecular formula is C27H56O5SSi. The van der Waals surface area contributed by atoms with Gasteiger partial charge in [0.05, 0.1) is 6.61 Å². The van der Waals surface area contributed by atoms with Gasteiger partial charge in [-0.25, -0.2) is 0 Å². The second-order valence-corrected chi connectivity index (χ2v) is 14.0. The van der Waals surface area contributed by atoms with Crippen LogP contribution in [-0.4, -0.2) is 51.7 Å². The van der Waals surface area contributed by atoms with Gasteiger partial charge >= 0.3 is 14.8 Å². The van der Waals surface area contributed by atoms with E-state index in [4.69, 9.17) is 18.0 Å². The van der Waals surface area contributed by atoms with Crippen molar-refractivity contribution < 1.29 is 22.8 Å². The number of carbonyl (C=O) groups is 1. The lowest BCUT2D eigenvalue weighted by molar-refractivity contribution is -0.145. The van der Waals surface area contributed by atoms with E-state index in [1.165, 1.54) is 51.4 Å². The minimum absolute atomic E-state index is 0.110. The van der Waals surface area contributed by atoms with Crippen LogP contribution in [0.1, 0.15) is 125 Å². The van der Waals surface area contributed by atoms with E-state index in [-0.39, 0.29) is 5.97 Å². The Kier molecular flexibility index (Phi) is 22.1. The van der Waals surface area contributed by atoms with Gasteiger partial charge in [0.25, 0.3) is 0 Å². The predicted octanol–water partition coefficient (Wildman–Crippen LogP) is 8.18. The molecule has 0 amide bonds. The number of ether oxygens (including phenoxy) is 1. The molecule has 5 nitrogen and oxygen atoms in total. The van der Waals surface area contributed by atoms with Crippen LogP contribution in [0.15, 0.2) is 0 Å². The molecule has 0 rings (SSSR count). The van der Waals surface area contributed by atoms with E-state index in [0.29, 0.717) is 26.4 Å². The molecule has 0 radical (unpaired) electrons. The Morgan fingerprint density at radius 1 is 0.676 bits per heavy atom. The van der Waals surface area contributed by atoms with E-state index >= 15 is 0 Å². The molecule has 0 heterocycles. The van der Waals surface area contributed by atoms with Gasteiger partial charge in [0.2, 0.25) is 0 Å². The Bertz CT molecular complexity index is 462. The first kappa shape index (κ1) is 33.9. The molecule has 0 atom stereocenters. The Morgan fingerprint density at radius 2 is 1.18 bits per heavy atom. The second-order valence-electron chi connectivity index (χ2n) is 9.59. The first-order chi connectivity index (χ1) is 16.4. The average molecular weight is 521 g/mol. The number of unbranched alkanes of at least 4 members (excludes halogenated alkanes) is 9. The fourth-order valence-corrected chi connectivity index (χ4v) is 7.49. The molecule has 0 N–H and O–H groups in total. The summed E-state index contributed by atoms with van der Waals surface area (Å²) in [6, 6.07) is 0.803. The van der Waals surface area contributed by atoms with E-state index in [0.717, 1.165) is 43.9 Å². The average Bonchev–Trinajstić information content (AvgIpc) is 2.81. The Hall–Kier alpha value is -0.0831. The Balaban J connectivity index is 4.67. The van der Waals surface area contributed by atoms with Crippen LogP contribution in [-0.2, 0) is 22.8 Å². The normalized spacial score (nSPS) is 12.3. The summed E-state index contributed by atoms with van der Waals surface area (Å²) in [5.41, 5.74) is 0. The van der Waals surface area contributed by atoms with Gasteiger partial charge in [0, 0.05) is 25.9 Å². The summed E-state index contributed by atoms with van der Waals surface area (Å²) in [5, 5.41) is 0. The fraction of sp³-hybridized carbons (Fsp3) is 0.963. The molecular weight excluding hydrogens is 464 g/mol. The van der Waals surface area contributed by atoms with Crippen molar-refractivity contribution in [1.82, 2.24) is 0 Å². The van der Waals surface area contributed by atoms with Gasteiger partial charge in [-0.15, -0.1) is 11.8 Å². The zero-order valence-electron chi connectivity index (χ0n) is 23.4. The summed E-state index contributed by atoms with van der Waals surface area (Å²) < 4.78 is 24.0. The standard InChI is InChI=1S/C27H56O5SSi/c1-7-11-14-17-21-29-26(28)27(5,6)33-24-20-25-34(30-10-4,31-22-18-15-12-8-2)32-23-19-16-13-9-3/h7-25H2,1-6H3. The van der Waals surface area contributed by atoms with Crippen molar-refractivity contribution in [3.05, 3.63) is 0 Å². The van der Waals surface area contributed by atoms with Gasteiger partial charge in [0.1, 0.15) is 4.75 Å². The van der Waals surface area contributed by atoms with Crippen molar-refractivity contribution in [2.24, 2.45) is 0 Å². The number of carbonyl (C=O) groups excluding carboxylic acids is 1. The molecule has 0 fully saturated rings. The lowest BCUT2D eigenvalue weighted by Gasteiger charge is -2.30. The van der Waals surface area contributed by atoms with Crippen molar-refractivity contribution in [3.63, 3.8) is 0 Å². The first-order valence-electron chi connectivity index (χ1n) is 14.1. The highest BCUT2D eigenvalue weighted by atomic mass is 32.2. The number of esters is 1. The van der Waals surface area contributed by atoms with Crippen molar-refractivity contribution in [2.45, 2.75) is 136 Å². The largest absolute Gasteiger partial charge is 0.500 e. The van der Waals surface area contributed by atoms with E-state index in [2.05, 4.69) is 20.8 Å². The third-order valence-corrected chi connectivity index (χ3v) is 10.2. The van der Waals surface area contributed by atoms with Crippen LogP contribution in [0.5, 0.6) is 0 Å². The summed E-state index contributed by atoms with van der Waals surface area (Å²) in [7, 11) is -2.70. The van der Waals surface area contributed by atoms with Crippen LogP contribution in [0.25, 0.3) is 0 Å². The molecule has 0 aromatic carbocycles. The molecule has 7 heteroatoms. The predicted molar refractivity (Wildman–Crippen MR) is 149 cm³/mol. The minimum atomic E-state index is -2.70. The highest BCUT2D eigenvalue weighted by Gasteiger charge is 2.40. The number of hydrogen-bond donors (Lipinski definition) is 0. The molecule has 34 heavy (non-hydrogen) atoms. The molecule has 0 bridgehead atoms. The van der Waals surface area contributed by atoms with Crippen LogP contribution in [0, 0.1) is 0 Å². The van der Waals surface area contributed by atoms with Crippen molar-refractivity contribution in [3.8, 4) is 0 Å². The zero-order valence-corrected chi connectivity index (χ0v) is 25.2. The highest BCUT2D eigenvalue weighted by molar-refractivity contribution is 8.01. The molecule has 0 aliphatic heterocycles. The molecule has 0 saturated carbocycles. The van der Waals surface area contributed by atoms with Crippen molar-refractivity contribution in [1.29, 1.82) is 0 Å².